The zero-order valence-corrected chi connectivity index (χ0v) is 23.0. The maximum absolute atomic E-state index is 12.1. The lowest BCUT2D eigenvalue weighted by Gasteiger charge is -2.36. The number of hydrogen-bond acceptors (Lipinski definition) is 5. The van der Waals surface area contributed by atoms with E-state index in [1.807, 2.05) is 49.9 Å². The molecule has 1 aromatic heterocycles. The lowest BCUT2D eigenvalue weighted by molar-refractivity contribution is -0.119. The fraction of sp³-hybridized carbons (Fsp3) is 0.621. The Morgan fingerprint density at radius 3 is 2.38 bits per heavy atom. The molecule has 2 amide bonds. The number of nitrogens with zero attached hydrogens (tertiary/aromatic N) is 3. The number of Topliss-reactive ketones (excluding diaryl/α,β-unsaturated/α-hetero) is 1. The van der Waals surface area contributed by atoms with Crippen LogP contribution in [-0.4, -0.2) is 89.4 Å². The molecule has 0 bridgehead atoms. The quantitative estimate of drug-likeness (QED) is 0.419. The maximum Gasteiger partial charge on any atom is 0.410 e. The van der Waals surface area contributed by atoms with E-state index in [0.717, 1.165) is 55.6 Å². The molecule has 204 valence electrons. The molecule has 1 saturated carbocycles. The van der Waals surface area contributed by atoms with E-state index in [4.69, 9.17) is 4.74 Å². The molecule has 0 radical (unpaired) electrons. The number of carbonyl (C=O) groups is 3. The highest BCUT2D eigenvalue weighted by Gasteiger charge is 2.26. The minimum absolute atomic E-state index is 0.104. The Hall–Kier alpha value is -2.87. The van der Waals surface area contributed by atoms with Crippen molar-refractivity contribution in [3.63, 3.8) is 0 Å². The largest absolute Gasteiger partial charge is 0.444 e. The second-order valence-corrected chi connectivity index (χ2v) is 11.2. The third-order valence-corrected chi connectivity index (χ3v) is 7.06. The first-order valence-corrected chi connectivity index (χ1v) is 13.6. The molecule has 0 spiro atoms. The maximum atomic E-state index is 12.1. The summed E-state index contributed by atoms with van der Waals surface area (Å²) in [6.07, 6.45) is 9.03. The van der Waals surface area contributed by atoms with E-state index in [9.17, 15) is 14.4 Å². The van der Waals surface area contributed by atoms with Crippen molar-refractivity contribution in [1.29, 1.82) is 0 Å². The van der Waals surface area contributed by atoms with Crippen LogP contribution in [0, 0.1) is 5.92 Å². The molecule has 8 nitrogen and oxygen atoms in total. The van der Waals surface area contributed by atoms with Crippen molar-refractivity contribution >= 4 is 29.2 Å². The van der Waals surface area contributed by atoms with Crippen LogP contribution in [0.15, 0.2) is 30.5 Å². The van der Waals surface area contributed by atoms with Gasteiger partial charge in [0.2, 0.25) is 6.41 Å². The predicted octanol–water partition coefficient (Wildman–Crippen LogP) is 4.95. The molecule has 2 fully saturated rings. The Bertz CT molecular complexity index is 1010. The molecule has 1 saturated heterocycles. The highest BCUT2D eigenvalue weighted by molar-refractivity contribution is 6.06. The Balaban J connectivity index is 0.000000262. The smallest absolute Gasteiger partial charge is 0.410 e. The van der Waals surface area contributed by atoms with Crippen molar-refractivity contribution in [2.45, 2.75) is 65.4 Å². The standard InChI is InChI=1S/C19H35N3O3.C10H9NO/c1-19(2,3)25-18(24)22-13-11-20(12-14-22)9-10-21(16-23)15-17-7-5-4-6-8-17;1-7(12)9-6-11-10-5-3-2-4-8(9)10/h16-17H,4-15H2,1-3H3;2-6,11H,1H3. The molecule has 0 atom stereocenters. The second-order valence-electron chi connectivity index (χ2n) is 11.2. The van der Waals surface area contributed by atoms with Gasteiger partial charge in [0, 0.05) is 68.5 Å². The Morgan fingerprint density at radius 1 is 1.08 bits per heavy atom. The monoisotopic (exact) mass is 512 g/mol. The van der Waals surface area contributed by atoms with Crippen molar-refractivity contribution in [2.24, 2.45) is 5.92 Å². The molecule has 1 aliphatic carbocycles. The van der Waals surface area contributed by atoms with Crippen LogP contribution in [-0.2, 0) is 9.53 Å². The van der Waals surface area contributed by atoms with Gasteiger partial charge in [-0.1, -0.05) is 37.5 Å². The van der Waals surface area contributed by atoms with Gasteiger partial charge < -0.3 is 19.5 Å². The number of carbonyl (C=O) groups excluding carboxylic acids is 3. The number of ketones is 1. The Labute approximate surface area is 221 Å². The average molecular weight is 513 g/mol. The van der Waals surface area contributed by atoms with Crippen LogP contribution in [0.2, 0.25) is 0 Å². The third kappa shape index (κ3) is 9.18. The number of para-hydroxylation sites is 1. The summed E-state index contributed by atoms with van der Waals surface area (Å²) in [7, 11) is 0. The van der Waals surface area contributed by atoms with Gasteiger partial charge in [0.1, 0.15) is 5.60 Å². The summed E-state index contributed by atoms with van der Waals surface area (Å²) in [6.45, 7) is 12.9. The van der Waals surface area contributed by atoms with Gasteiger partial charge in [-0.15, -0.1) is 0 Å². The highest BCUT2D eigenvalue weighted by Crippen LogP contribution is 2.24. The molecule has 1 N–H and O–H groups in total. The van der Waals surface area contributed by atoms with Gasteiger partial charge in [0.25, 0.3) is 0 Å². The number of piperazine rings is 1. The Kier molecular flexibility index (Phi) is 10.6. The predicted molar refractivity (Wildman–Crippen MR) is 147 cm³/mol. The number of aromatic amines is 1. The van der Waals surface area contributed by atoms with Gasteiger partial charge in [0.05, 0.1) is 0 Å². The number of rotatable bonds is 7. The fourth-order valence-electron chi connectivity index (χ4n) is 5.00. The number of H-pyrrole nitrogens is 1. The highest BCUT2D eigenvalue weighted by atomic mass is 16.6. The lowest BCUT2D eigenvalue weighted by atomic mass is 9.89. The third-order valence-electron chi connectivity index (χ3n) is 7.06. The normalized spacial score (nSPS) is 17.1. The van der Waals surface area contributed by atoms with Crippen LogP contribution in [0.4, 0.5) is 4.79 Å². The number of ether oxygens (including phenoxy) is 1. The molecule has 0 unspecified atom stereocenters. The average Bonchev–Trinajstić information content (AvgIpc) is 3.31. The fourth-order valence-corrected chi connectivity index (χ4v) is 5.00. The number of amides is 2. The minimum Gasteiger partial charge on any atom is -0.444 e. The lowest BCUT2D eigenvalue weighted by Crippen LogP contribution is -2.51. The second kappa shape index (κ2) is 13.6. The molecule has 8 heteroatoms. The topological polar surface area (TPSA) is 85.9 Å². The molecule has 37 heavy (non-hydrogen) atoms. The summed E-state index contributed by atoms with van der Waals surface area (Å²) in [5.74, 6) is 0.787. The summed E-state index contributed by atoms with van der Waals surface area (Å²) in [6, 6.07) is 7.79. The summed E-state index contributed by atoms with van der Waals surface area (Å²) >= 11 is 0. The number of fused-ring (bicyclic) bond motifs is 1. The van der Waals surface area contributed by atoms with Gasteiger partial charge in [0.15, 0.2) is 5.78 Å². The van der Waals surface area contributed by atoms with Crippen LogP contribution >= 0.6 is 0 Å². The van der Waals surface area contributed by atoms with E-state index in [2.05, 4.69) is 9.88 Å². The van der Waals surface area contributed by atoms with E-state index in [0.29, 0.717) is 19.0 Å². The number of hydrogen-bond donors (Lipinski definition) is 1. The molecular formula is C29H44N4O4. The number of benzene rings is 1. The van der Waals surface area contributed by atoms with Crippen molar-refractivity contribution in [1.82, 2.24) is 19.7 Å². The van der Waals surface area contributed by atoms with Crippen LogP contribution in [0.3, 0.4) is 0 Å². The number of nitrogens with one attached hydrogen (secondary N) is 1. The van der Waals surface area contributed by atoms with Crippen LogP contribution in [0.1, 0.15) is 70.2 Å². The van der Waals surface area contributed by atoms with Gasteiger partial charge >= 0.3 is 6.09 Å². The van der Waals surface area contributed by atoms with Gasteiger partial charge in [-0.05, 0) is 52.5 Å². The minimum atomic E-state index is -0.447. The molecule has 2 aromatic rings. The summed E-state index contributed by atoms with van der Waals surface area (Å²) in [5, 5.41) is 1.00. The SMILES string of the molecule is CC(=O)c1c[nH]c2ccccc12.CC(C)(C)OC(=O)N1CCN(CCN(C=O)CC2CCCCC2)CC1. The molecule has 4 rings (SSSR count). The molecule has 2 aliphatic rings. The van der Waals surface area contributed by atoms with Crippen molar-refractivity contribution in [3.05, 3.63) is 36.0 Å². The zero-order chi connectivity index (χ0) is 26.8. The van der Waals surface area contributed by atoms with Crippen LogP contribution in [0.5, 0.6) is 0 Å². The van der Waals surface area contributed by atoms with E-state index in [1.54, 1.807) is 18.0 Å². The molecular weight excluding hydrogens is 468 g/mol. The van der Waals surface area contributed by atoms with E-state index < -0.39 is 5.60 Å². The summed E-state index contributed by atoms with van der Waals surface area (Å²) < 4.78 is 5.43. The summed E-state index contributed by atoms with van der Waals surface area (Å²) in [5.41, 5.74) is 1.34. The summed E-state index contributed by atoms with van der Waals surface area (Å²) in [4.78, 5) is 43.6. The van der Waals surface area contributed by atoms with E-state index >= 15 is 0 Å². The van der Waals surface area contributed by atoms with E-state index in [-0.39, 0.29) is 11.9 Å². The van der Waals surface area contributed by atoms with Crippen LogP contribution in [0.25, 0.3) is 10.9 Å². The van der Waals surface area contributed by atoms with Gasteiger partial charge in [-0.3, -0.25) is 14.5 Å². The van der Waals surface area contributed by atoms with E-state index in [1.165, 1.54) is 32.1 Å². The van der Waals surface area contributed by atoms with Gasteiger partial charge in [-0.25, -0.2) is 4.79 Å². The molecule has 2 heterocycles. The first kappa shape index (κ1) is 28.7. The zero-order valence-electron chi connectivity index (χ0n) is 23.0. The first-order valence-electron chi connectivity index (χ1n) is 13.6. The first-order chi connectivity index (χ1) is 17.7. The Morgan fingerprint density at radius 2 is 1.76 bits per heavy atom. The van der Waals surface area contributed by atoms with Crippen molar-refractivity contribution in [3.8, 4) is 0 Å². The number of aromatic nitrogens is 1. The van der Waals surface area contributed by atoms with Crippen molar-refractivity contribution < 1.29 is 19.1 Å². The van der Waals surface area contributed by atoms with Gasteiger partial charge in [-0.2, -0.15) is 0 Å². The van der Waals surface area contributed by atoms with Crippen molar-refractivity contribution in [2.75, 3.05) is 45.8 Å². The molecule has 1 aliphatic heterocycles. The van der Waals surface area contributed by atoms with Crippen LogP contribution < -0.4 is 0 Å². The molecule has 1 aromatic carbocycles.